The molecule has 0 bridgehead atoms. The molecular weight excluding hydrogens is 348 g/mol. The Morgan fingerprint density at radius 1 is 1.36 bits per heavy atom. The van der Waals surface area contributed by atoms with Crippen molar-refractivity contribution in [1.29, 1.82) is 5.26 Å². The van der Waals surface area contributed by atoms with E-state index in [4.69, 9.17) is 31.5 Å². The SMILES string of the molecule is CCOC(=O)C1=C(N)Oc2ccc(Cl)cc2[C@H]1[C@@H](C#N)C(=O)OCC. The van der Waals surface area contributed by atoms with Gasteiger partial charge in [-0.05, 0) is 32.0 Å². The van der Waals surface area contributed by atoms with Crippen LogP contribution in [0.3, 0.4) is 0 Å². The minimum absolute atomic E-state index is 0.0938. The molecule has 0 amide bonds. The molecule has 2 atom stereocenters. The molecule has 132 valence electrons. The first kappa shape index (κ1) is 18.6. The van der Waals surface area contributed by atoms with E-state index in [1.807, 2.05) is 6.07 Å². The molecular formula is C17H17ClN2O5. The van der Waals surface area contributed by atoms with E-state index in [0.29, 0.717) is 16.3 Å². The van der Waals surface area contributed by atoms with Gasteiger partial charge in [0.15, 0.2) is 5.92 Å². The Bertz CT molecular complexity index is 769. The second-order valence-corrected chi connectivity index (χ2v) is 5.56. The number of benzene rings is 1. The summed E-state index contributed by atoms with van der Waals surface area (Å²) in [5.41, 5.74) is 6.17. The minimum Gasteiger partial charge on any atom is -0.465 e. The summed E-state index contributed by atoms with van der Waals surface area (Å²) in [6.45, 7) is 3.45. The van der Waals surface area contributed by atoms with Gasteiger partial charge in [-0.1, -0.05) is 11.6 Å². The third-order valence-corrected chi connectivity index (χ3v) is 3.85. The van der Waals surface area contributed by atoms with Crippen LogP contribution >= 0.6 is 11.6 Å². The number of halogens is 1. The molecule has 25 heavy (non-hydrogen) atoms. The Kier molecular flexibility index (Phi) is 5.88. The number of esters is 2. The molecule has 0 aromatic heterocycles. The van der Waals surface area contributed by atoms with Crippen molar-refractivity contribution >= 4 is 23.5 Å². The van der Waals surface area contributed by atoms with E-state index in [9.17, 15) is 14.9 Å². The second kappa shape index (κ2) is 7.90. The first-order chi connectivity index (χ1) is 11.9. The molecule has 1 aromatic rings. The first-order valence-electron chi connectivity index (χ1n) is 7.64. The van der Waals surface area contributed by atoms with Crippen molar-refractivity contribution in [3.05, 3.63) is 40.2 Å². The van der Waals surface area contributed by atoms with Crippen molar-refractivity contribution in [2.75, 3.05) is 13.2 Å². The Morgan fingerprint density at radius 2 is 2.04 bits per heavy atom. The lowest BCUT2D eigenvalue weighted by atomic mass is 9.79. The number of nitriles is 1. The van der Waals surface area contributed by atoms with Crippen LogP contribution in [-0.2, 0) is 19.1 Å². The smallest absolute Gasteiger partial charge is 0.340 e. The summed E-state index contributed by atoms with van der Waals surface area (Å²) in [7, 11) is 0. The van der Waals surface area contributed by atoms with Gasteiger partial charge in [-0.15, -0.1) is 0 Å². The van der Waals surface area contributed by atoms with Crippen LogP contribution in [0.25, 0.3) is 0 Å². The molecule has 0 saturated heterocycles. The van der Waals surface area contributed by atoms with Gasteiger partial charge in [-0.2, -0.15) is 5.26 Å². The maximum Gasteiger partial charge on any atom is 0.340 e. The standard InChI is InChI=1S/C17H17ClN2O5/c1-3-23-16(21)11(8-19)13-10-7-9(18)5-6-12(10)25-15(20)14(13)17(22)24-4-2/h5-7,11,13H,3-4,20H2,1-2H3/t11-,13+/m1/s1. The van der Waals surface area contributed by atoms with Crippen molar-refractivity contribution < 1.29 is 23.8 Å². The zero-order valence-corrected chi connectivity index (χ0v) is 14.5. The predicted molar refractivity (Wildman–Crippen MR) is 88.4 cm³/mol. The number of ether oxygens (including phenoxy) is 3. The van der Waals surface area contributed by atoms with Crippen LogP contribution in [0, 0.1) is 17.2 Å². The van der Waals surface area contributed by atoms with Crippen LogP contribution in [0.2, 0.25) is 5.02 Å². The molecule has 1 aromatic carbocycles. The van der Waals surface area contributed by atoms with E-state index in [-0.39, 0.29) is 24.7 Å². The van der Waals surface area contributed by atoms with Gasteiger partial charge in [0.25, 0.3) is 0 Å². The van der Waals surface area contributed by atoms with Gasteiger partial charge in [-0.25, -0.2) is 4.79 Å². The quantitative estimate of drug-likeness (QED) is 0.797. The van der Waals surface area contributed by atoms with Gasteiger partial charge in [0, 0.05) is 10.6 Å². The molecule has 2 N–H and O–H groups in total. The highest BCUT2D eigenvalue weighted by Crippen LogP contribution is 2.44. The summed E-state index contributed by atoms with van der Waals surface area (Å²) in [4.78, 5) is 24.6. The maximum atomic E-state index is 12.4. The monoisotopic (exact) mass is 364 g/mol. The average Bonchev–Trinajstić information content (AvgIpc) is 2.56. The summed E-state index contributed by atoms with van der Waals surface area (Å²) >= 11 is 6.04. The Labute approximate surface area is 149 Å². The highest BCUT2D eigenvalue weighted by molar-refractivity contribution is 6.30. The van der Waals surface area contributed by atoms with Gasteiger partial charge in [0.05, 0.1) is 25.2 Å². The van der Waals surface area contributed by atoms with Gasteiger partial charge in [0.1, 0.15) is 11.3 Å². The van der Waals surface area contributed by atoms with Crippen LogP contribution < -0.4 is 10.5 Å². The molecule has 8 heteroatoms. The number of nitrogens with two attached hydrogens (primary N) is 1. The number of hydrogen-bond acceptors (Lipinski definition) is 7. The van der Waals surface area contributed by atoms with E-state index in [2.05, 4.69) is 0 Å². The van der Waals surface area contributed by atoms with E-state index in [0.717, 1.165) is 0 Å². The third-order valence-electron chi connectivity index (χ3n) is 3.61. The third kappa shape index (κ3) is 3.69. The molecule has 1 heterocycles. The lowest BCUT2D eigenvalue weighted by Crippen LogP contribution is -2.33. The molecule has 1 aliphatic heterocycles. The van der Waals surface area contributed by atoms with Crippen LogP contribution in [-0.4, -0.2) is 25.2 Å². The van der Waals surface area contributed by atoms with Crippen molar-refractivity contribution in [3.63, 3.8) is 0 Å². The molecule has 0 unspecified atom stereocenters. The number of fused-ring (bicyclic) bond motifs is 1. The van der Waals surface area contributed by atoms with Crippen molar-refractivity contribution in [2.24, 2.45) is 11.7 Å². The number of rotatable bonds is 5. The van der Waals surface area contributed by atoms with Gasteiger partial charge < -0.3 is 19.9 Å². The van der Waals surface area contributed by atoms with E-state index < -0.39 is 23.8 Å². The minimum atomic E-state index is -1.31. The molecule has 0 spiro atoms. The van der Waals surface area contributed by atoms with Crippen LogP contribution in [0.1, 0.15) is 25.3 Å². The predicted octanol–water partition coefficient (Wildman–Crippen LogP) is 2.25. The van der Waals surface area contributed by atoms with Crippen molar-refractivity contribution in [1.82, 2.24) is 0 Å². The van der Waals surface area contributed by atoms with Crippen LogP contribution in [0.15, 0.2) is 29.7 Å². The summed E-state index contributed by atoms with van der Waals surface area (Å²) in [6, 6.07) is 6.55. The first-order valence-corrected chi connectivity index (χ1v) is 8.02. The van der Waals surface area contributed by atoms with Gasteiger partial charge in [0.2, 0.25) is 5.88 Å². The van der Waals surface area contributed by atoms with Crippen LogP contribution in [0.5, 0.6) is 5.75 Å². The largest absolute Gasteiger partial charge is 0.465 e. The van der Waals surface area contributed by atoms with Gasteiger partial charge in [-0.3, -0.25) is 4.79 Å². The van der Waals surface area contributed by atoms with Gasteiger partial charge >= 0.3 is 11.9 Å². The van der Waals surface area contributed by atoms with E-state index in [1.165, 1.54) is 6.07 Å². The summed E-state index contributed by atoms with van der Waals surface area (Å²) < 4.78 is 15.4. The molecule has 0 aliphatic carbocycles. The van der Waals surface area contributed by atoms with E-state index in [1.54, 1.807) is 26.0 Å². The lowest BCUT2D eigenvalue weighted by molar-refractivity contribution is -0.146. The zero-order valence-electron chi connectivity index (χ0n) is 13.7. The Balaban J connectivity index is 2.63. The Hall–Kier alpha value is -2.72. The highest BCUT2D eigenvalue weighted by Gasteiger charge is 2.43. The number of hydrogen-bond donors (Lipinski definition) is 1. The second-order valence-electron chi connectivity index (χ2n) is 5.12. The molecule has 1 aliphatic rings. The normalized spacial score (nSPS) is 17.0. The zero-order chi connectivity index (χ0) is 18.6. The fraction of sp³-hybridized carbons (Fsp3) is 0.353. The van der Waals surface area contributed by atoms with Crippen molar-refractivity contribution in [3.8, 4) is 11.8 Å². The number of carbonyl (C=O) groups is 2. The number of carbonyl (C=O) groups excluding carboxylic acids is 2. The topological polar surface area (TPSA) is 112 Å². The lowest BCUT2D eigenvalue weighted by Gasteiger charge is -2.29. The van der Waals surface area contributed by atoms with E-state index >= 15 is 0 Å². The number of nitrogens with zero attached hydrogens (tertiary/aromatic N) is 1. The molecule has 2 rings (SSSR count). The Morgan fingerprint density at radius 3 is 2.64 bits per heavy atom. The fourth-order valence-electron chi connectivity index (χ4n) is 2.62. The molecule has 0 radical (unpaired) electrons. The maximum absolute atomic E-state index is 12.4. The average molecular weight is 365 g/mol. The summed E-state index contributed by atoms with van der Waals surface area (Å²) in [5.74, 6) is -3.76. The summed E-state index contributed by atoms with van der Waals surface area (Å²) in [6.07, 6.45) is 0. The molecule has 7 nitrogen and oxygen atoms in total. The van der Waals surface area contributed by atoms with Crippen molar-refractivity contribution in [2.45, 2.75) is 19.8 Å². The van der Waals surface area contributed by atoms with Crippen LogP contribution in [0.4, 0.5) is 0 Å². The highest BCUT2D eigenvalue weighted by atomic mass is 35.5. The summed E-state index contributed by atoms with van der Waals surface area (Å²) in [5, 5.41) is 9.90. The molecule has 0 saturated carbocycles. The molecule has 0 fully saturated rings. The fourth-order valence-corrected chi connectivity index (χ4v) is 2.80.